The standard InChI is InChI=1S/C28H27FN10O2/c1-4-39-26(35-36-37-39)18-5-7-20(8-6-18)34-22-12-24(38-10-9-19-11-17(13-30)14-32-25(19)38)31-15-21(22)27(40)33-16-23(29)28(2,3)41/h5-12,14-15,23,41H,4,16H2,1-3H3,(H,31,34)(H,33,40)/t23-/m1/s1. The summed E-state index contributed by atoms with van der Waals surface area (Å²) in [5, 5.41) is 37.4. The number of alkyl halides is 1. The van der Waals surface area contributed by atoms with E-state index in [1.54, 1.807) is 27.6 Å². The summed E-state index contributed by atoms with van der Waals surface area (Å²) >= 11 is 0. The third-order valence-electron chi connectivity index (χ3n) is 6.50. The van der Waals surface area contributed by atoms with Gasteiger partial charge in [0.05, 0.1) is 29.0 Å². The Morgan fingerprint density at radius 2 is 1.95 bits per heavy atom. The number of nitrogens with one attached hydrogen (secondary N) is 2. The Kier molecular flexibility index (Phi) is 7.41. The molecular weight excluding hydrogens is 527 g/mol. The zero-order chi connectivity index (χ0) is 29.1. The number of fused-ring (bicyclic) bond motifs is 1. The van der Waals surface area contributed by atoms with Gasteiger partial charge < -0.3 is 15.7 Å². The lowest BCUT2D eigenvalue weighted by molar-refractivity contribution is -0.00177. The Labute approximate surface area is 234 Å². The van der Waals surface area contributed by atoms with Crippen LogP contribution in [0.4, 0.5) is 15.8 Å². The zero-order valence-electron chi connectivity index (χ0n) is 22.6. The molecule has 4 heterocycles. The van der Waals surface area contributed by atoms with Gasteiger partial charge in [-0.25, -0.2) is 19.0 Å². The van der Waals surface area contributed by atoms with Gasteiger partial charge in [0.2, 0.25) is 0 Å². The highest BCUT2D eigenvalue weighted by atomic mass is 19.1. The van der Waals surface area contributed by atoms with E-state index < -0.39 is 17.7 Å². The van der Waals surface area contributed by atoms with Crippen molar-refractivity contribution in [3.63, 3.8) is 0 Å². The lowest BCUT2D eigenvalue weighted by Crippen LogP contribution is -2.42. The van der Waals surface area contributed by atoms with Crippen molar-refractivity contribution in [2.75, 3.05) is 11.9 Å². The summed E-state index contributed by atoms with van der Waals surface area (Å²) in [7, 11) is 0. The number of pyridine rings is 2. The second-order valence-electron chi connectivity index (χ2n) is 9.87. The van der Waals surface area contributed by atoms with Crippen LogP contribution >= 0.6 is 0 Å². The topological polar surface area (TPSA) is 159 Å². The van der Waals surface area contributed by atoms with Gasteiger partial charge >= 0.3 is 0 Å². The van der Waals surface area contributed by atoms with Gasteiger partial charge in [-0.15, -0.1) is 5.10 Å². The Bertz CT molecular complexity index is 1750. The average Bonchev–Trinajstić information content (AvgIpc) is 3.62. The number of aryl methyl sites for hydroxylation is 1. The highest BCUT2D eigenvalue weighted by molar-refractivity contribution is 6.00. The van der Waals surface area contributed by atoms with Crippen LogP contribution < -0.4 is 10.6 Å². The molecule has 3 N–H and O–H groups in total. The molecule has 13 heteroatoms. The molecule has 0 radical (unpaired) electrons. The van der Waals surface area contributed by atoms with Crippen molar-refractivity contribution in [3.8, 4) is 23.3 Å². The van der Waals surface area contributed by atoms with Crippen LogP contribution in [0.2, 0.25) is 0 Å². The van der Waals surface area contributed by atoms with Gasteiger partial charge in [-0.05, 0) is 67.6 Å². The van der Waals surface area contributed by atoms with Crippen LogP contribution in [0.25, 0.3) is 28.2 Å². The Morgan fingerprint density at radius 3 is 2.66 bits per heavy atom. The number of halogens is 1. The van der Waals surface area contributed by atoms with Crippen LogP contribution in [0.3, 0.4) is 0 Å². The molecule has 0 unspecified atom stereocenters. The largest absolute Gasteiger partial charge is 0.387 e. The van der Waals surface area contributed by atoms with Crippen molar-refractivity contribution in [2.24, 2.45) is 0 Å². The van der Waals surface area contributed by atoms with E-state index in [9.17, 15) is 19.6 Å². The van der Waals surface area contributed by atoms with Crippen molar-refractivity contribution in [3.05, 3.63) is 72.2 Å². The average molecular weight is 555 g/mol. The van der Waals surface area contributed by atoms with Crippen LogP contribution in [0, 0.1) is 11.3 Å². The van der Waals surface area contributed by atoms with E-state index in [-0.39, 0.29) is 12.1 Å². The number of aliphatic hydroxyl groups is 1. The van der Waals surface area contributed by atoms with Crippen LogP contribution in [-0.4, -0.2) is 64.1 Å². The van der Waals surface area contributed by atoms with Gasteiger partial charge in [-0.1, -0.05) is 0 Å². The van der Waals surface area contributed by atoms with Gasteiger partial charge in [-0.3, -0.25) is 9.36 Å². The van der Waals surface area contributed by atoms with E-state index in [4.69, 9.17) is 0 Å². The van der Waals surface area contributed by atoms with Crippen molar-refractivity contribution >= 4 is 28.3 Å². The van der Waals surface area contributed by atoms with Crippen molar-refractivity contribution in [1.82, 2.24) is 40.1 Å². The molecule has 208 valence electrons. The van der Waals surface area contributed by atoms with Crippen molar-refractivity contribution in [1.29, 1.82) is 5.26 Å². The molecule has 0 aliphatic carbocycles. The first-order chi connectivity index (χ1) is 19.7. The molecule has 1 atom stereocenters. The predicted octanol–water partition coefficient (Wildman–Crippen LogP) is 3.55. The first kappa shape index (κ1) is 27.4. The SMILES string of the molecule is CCn1nnnc1-c1ccc(Nc2cc(-n3ccc4cc(C#N)cnc43)ncc2C(=O)NC[C@@H](F)C(C)(C)O)cc1. The molecule has 0 saturated carbocycles. The lowest BCUT2D eigenvalue weighted by atomic mass is 10.0. The quantitative estimate of drug-likeness (QED) is 0.248. The Morgan fingerprint density at radius 1 is 1.17 bits per heavy atom. The second-order valence-corrected chi connectivity index (χ2v) is 9.87. The molecule has 5 aromatic rings. The highest BCUT2D eigenvalue weighted by Crippen LogP contribution is 2.27. The molecule has 0 bridgehead atoms. The number of hydrogen-bond acceptors (Lipinski definition) is 9. The minimum atomic E-state index is -1.67. The lowest BCUT2D eigenvalue weighted by Gasteiger charge is -2.22. The first-order valence-electron chi connectivity index (χ1n) is 12.8. The number of carbonyl (C=O) groups is 1. The fourth-order valence-corrected chi connectivity index (χ4v) is 4.14. The van der Waals surface area contributed by atoms with Crippen LogP contribution in [0.1, 0.15) is 36.7 Å². The molecule has 5 rings (SSSR count). The fourth-order valence-electron chi connectivity index (χ4n) is 4.14. The summed E-state index contributed by atoms with van der Waals surface area (Å²) < 4.78 is 17.8. The number of rotatable bonds is 9. The van der Waals surface area contributed by atoms with Crippen molar-refractivity contribution in [2.45, 2.75) is 39.1 Å². The molecule has 1 aromatic carbocycles. The molecule has 0 saturated heterocycles. The molecule has 0 spiro atoms. The Balaban J connectivity index is 1.49. The van der Waals surface area contributed by atoms with Gasteiger partial charge in [0.1, 0.15) is 23.7 Å². The first-order valence-corrected chi connectivity index (χ1v) is 12.8. The van der Waals surface area contributed by atoms with E-state index in [1.807, 2.05) is 37.3 Å². The van der Waals surface area contributed by atoms with Gasteiger partial charge in [-0.2, -0.15) is 5.26 Å². The van der Waals surface area contributed by atoms with E-state index in [2.05, 4.69) is 42.2 Å². The van der Waals surface area contributed by atoms with E-state index >= 15 is 0 Å². The maximum atomic E-state index is 14.4. The summed E-state index contributed by atoms with van der Waals surface area (Å²) in [6.45, 7) is 4.87. The number of amides is 1. The van der Waals surface area contributed by atoms with Gasteiger partial charge in [0.15, 0.2) is 5.82 Å². The van der Waals surface area contributed by atoms with E-state index in [0.717, 1.165) is 10.9 Å². The number of benzene rings is 1. The van der Waals surface area contributed by atoms with Gasteiger partial charge in [0, 0.05) is 47.8 Å². The number of aromatic nitrogens is 7. The molecule has 41 heavy (non-hydrogen) atoms. The molecule has 0 fully saturated rings. The second kappa shape index (κ2) is 11.1. The fraction of sp³-hybridized carbons (Fsp3) is 0.250. The number of hydrogen-bond donors (Lipinski definition) is 3. The summed E-state index contributed by atoms with van der Waals surface area (Å²) in [4.78, 5) is 22.0. The van der Waals surface area contributed by atoms with Crippen LogP contribution in [0.15, 0.2) is 61.1 Å². The predicted molar refractivity (Wildman–Crippen MR) is 149 cm³/mol. The molecule has 0 aliphatic heterocycles. The number of nitrogens with zero attached hydrogens (tertiary/aromatic N) is 8. The van der Waals surface area contributed by atoms with Crippen molar-refractivity contribution < 1.29 is 14.3 Å². The Hall–Kier alpha value is -5.22. The molecule has 12 nitrogen and oxygen atoms in total. The summed E-state index contributed by atoms with van der Waals surface area (Å²) in [5.74, 6) is 0.533. The molecule has 0 aliphatic rings. The van der Waals surface area contributed by atoms with E-state index in [0.29, 0.717) is 40.8 Å². The summed E-state index contributed by atoms with van der Waals surface area (Å²) in [5.41, 5.74) is 1.49. The van der Waals surface area contributed by atoms with Crippen LogP contribution in [0.5, 0.6) is 0 Å². The summed E-state index contributed by atoms with van der Waals surface area (Å²) in [6.07, 6.45) is 2.97. The molecule has 4 aromatic heterocycles. The molecule has 1 amide bonds. The number of anilines is 2. The maximum absolute atomic E-state index is 14.4. The van der Waals surface area contributed by atoms with Crippen LogP contribution in [-0.2, 0) is 6.54 Å². The smallest absolute Gasteiger partial charge is 0.255 e. The van der Waals surface area contributed by atoms with Gasteiger partial charge in [0.25, 0.3) is 5.91 Å². The monoisotopic (exact) mass is 554 g/mol. The zero-order valence-corrected chi connectivity index (χ0v) is 22.6. The minimum absolute atomic E-state index is 0.173. The number of carbonyl (C=O) groups excluding carboxylic acids is 1. The molecular formula is C28H27FN10O2. The summed E-state index contributed by atoms with van der Waals surface area (Å²) in [6, 6.07) is 14.7. The number of nitriles is 1. The maximum Gasteiger partial charge on any atom is 0.255 e. The third-order valence-corrected chi connectivity index (χ3v) is 6.50. The number of tetrazole rings is 1. The minimum Gasteiger partial charge on any atom is -0.387 e. The normalized spacial score (nSPS) is 12.2. The highest BCUT2D eigenvalue weighted by Gasteiger charge is 2.27. The van der Waals surface area contributed by atoms with E-state index in [1.165, 1.54) is 26.2 Å². The third kappa shape index (κ3) is 5.73.